The van der Waals surface area contributed by atoms with E-state index in [-0.39, 0.29) is 31.7 Å². The Morgan fingerprint density at radius 2 is 2.26 bits per heavy atom. The normalized spacial score (nSPS) is 22.7. The lowest BCUT2D eigenvalue weighted by Crippen LogP contribution is -2.40. The molecule has 2 rings (SSSR count). The van der Waals surface area contributed by atoms with Crippen LogP contribution in [0.5, 0.6) is 0 Å². The predicted octanol–water partition coefficient (Wildman–Crippen LogP) is -0.643. The lowest BCUT2D eigenvalue weighted by molar-refractivity contribution is -0.148. The van der Waals surface area contributed by atoms with Gasteiger partial charge in [-0.15, -0.1) is 0 Å². The fourth-order valence-electron chi connectivity index (χ4n) is 2.12. The second-order valence-corrected chi connectivity index (χ2v) is 4.52. The second-order valence-electron chi connectivity index (χ2n) is 4.52. The Morgan fingerprint density at radius 3 is 2.84 bits per heavy atom. The first-order chi connectivity index (χ1) is 8.97. The van der Waals surface area contributed by atoms with Gasteiger partial charge in [0.25, 0.3) is 0 Å². The van der Waals surface area contributed by atoms with Gasteiger partial charge in [0, 0.05) is 25.8 Å². The number of carboxylic acid groups (broad SMARTS) is 1. The maximum absolute atomic E-state index is 11.9. The van der Waals surface area contributed by atoms with Gasteiger partial charge in [-0.3, -0.25) is 4.79 Å². The van der Waals surface area contributed by atoms with E-state index in [0.717, 1.165) is 0 Å². The fraction of sp³-hybridized carbons (Fsp3) is 0.636. The van der Waals surface area contributed by atoms with Crippen molar-refractivity contribution in [3.63, 3.8) is 0 Å². The van der Waals surface area contributed by atoms with Crippen LogP contribution in [0.15, 0.2) is 4.52 Å². The van der Waals surface area contributed by atoms with E-state index < -0.39 is 18.1 Å². The zero-order valence-electron chi connectivity index (χ0n) is 10.4. The molecule has 1 amide bonds. The molecular formula is C11H15N3O5. The lowest BCUT2D eigenvalue weighted by atomic mass is 10.2. The molecule has 1 fully saturated rings. The molecule has 104 valence electrons. The van der Waals surface area contributed by atoms with Gasteiger partial charge in [0.15, 0.2) is 5.82 Å². The van der Waals surface area contributed by atoms with Gasteiger partial charge >= 0.3 is 5.97 Å². The Kier molecular flexibility index (Phi) is 3.79. The van der Waals surface area contributed by atoms with Crippen LogP contribution in [0.4, 0.5) is 0 Å². The molecule has 1 saturated heterocycles. The summed E-state index contributed by atoms with van der Waals surface area (Å²) in [6.45, 7) is 1.73. The van der Waals surface area contributed by atoms with E-state index in [2.05, 4.69) is 10.1 Å². The first kappa shape index (κ1) is 13.5. The molecule has 0 unspecified atom stereocenters. The van der Waals surface area contributed by atoms with Crippen LogP contribution < -0.4 is 0 Å². The largest absolute Gasteiger partial charge is 0.480 e. The number of aryl methyl sites for hydroxylation is 2. The number of amides is 1. The number of hydrogen-bond acceptors (Lipinski definition) is 6. The summed E-state index contributed by atoms with van der Waals surface area (Å²) in [4.78, 5) is 28.1. The maximum atomic E-state index is 11.9. The minimum Gasteiger partial charge on any atom is -0.480 e. The smallest absolute Gasteiger partial charge is 0.326 e. The van der Waals surface area contributed by atoms with Crippen molar-refractivity contribution in [1.82, 2.24) is 15.0 Å². The first-order valence-electron chi connectivity index (χ1n) is 5.97. The van der Waals surface area contributed by atoms with Crippen LogP contribution in [0, 0.1) is 6.92 Å². The molecule has 8 heteroatoms. The summed E-state index contributed by atoms with van der Waals surface area (Å²) in [6, 6.07) is -0.952. The minimum atomic E-state index is -1.10. The molecule has 0 aliphatic carbocycles. The molecule has 1 aliphatic rings. The average Bonchev–Trinajstić information content (AvgIpc) is 2.92. The molecule has 2 heterocycles. The number of likely N-dealkylation sites (tertiary alicyclic amines) is 1. The highest BCUT2D eigenvalue weighted by Gasteiger charge is 2.38. The summed E-state index contributed by atoms with van der Waals surface area (Å²) in [5.41, 5.74) is 0. The Bertz CT molecular complexity index is 486. The van der Waals surface area contributed by atoms with Crippen molar-refractivity contribution in [3.05, 3.63) is 11.7 Å². The molecule has 0 spiro atoms. The van der Waals surface area contributed by atoms with Crippen LogP contribution in [0.2, 0.25) is 0 Å². The monoisotopic (exact) mass is 269 g/mol. The standard InChI is InChI=1S/C11H15N3O5/c1-6-12-9(19-13-6)2-3-10(16)14-5-7(15)4-8(14)11(17)18/h7-8,15H,2-5H2,1H3,(H,17,18)/t7-,8+/m1/s1. The number of aliphatic carboxylic acids is 1. The van der Waals surface area contributed by atoms with Crippen LogP contribution in [0.25, 0.3) is 0 Å². The maximum Gasteiger partial charge on any atom is 0.326 e. The van der Waals surface area contributed by atoms with Gasteiger partial charge in [-0.2, -0.15) is 4.98 Å². The number of nitrogens with zero attached hydrogens (tertiary/aromatic N) is 3. The number of carboxylic acids is 1. The topological polar surface area (TPSA) is 117 Å². The summed E-state index contributed by atoms with van der Waals surface area (Å²) in [5.74, 6) is -0.599. The average molecular weight is 269 g/mol. The zero-order valence-corrected chi connectivity index (χ0v) is 10.4. The van der Waals surface area contributed by atoms with Crippen molar-refractivity contribution in [1.29, 1.82) is 0 Å². The third kappa shape index (κ3) is 3.08. The second kappa shape index (κ2) is 5.35. The number of hydrogen-bond donors (Lipinski definition) is 2. The summed E-state index contributed by atoms with van der Waals surface area (Å²) >= 11 is 0. The van der Waals surface area contributed by atoms with Gasteiger partial charge in [-0.05, 0) is 6.92 Å². The summed E-state index contributed by atoms with van der Waals surface area (Å²) in [7, 11) is 0. The summed E-state index contributed by atoms with van der Waals surface area (Å²) < 4.78 is 4.88. The van der Waals surface area contributed by atoms with E-state index >= 15 is 0 Å². The Hall–Kier alpha value is -1.96. The molecule has 0 aromatic carbocycles. The number of rotatable bonds is 4. The Labute approximate surface area is 109 Å². The number of β-amino-alcohol motifs (C(OH)–C–C–N with tert-alkyl or cyclic N) is 1. The first-order valence-corrected chi connectivity index (χ1v) is 5.97. The van der Waals surface area contributed by atoms with Gasteiger partial charge in [0.05, 0.1) is 6.10 Å². The van der Waals surface area contributed by atoms with E-state index in [0.29, 0.717) is 11.7 Å². The predicted molar refractivity (Wildman–Crippen MR) is 61.1 cm³/mol. The van der Waals surface area contributed by atoms with Gasteiger partial charge < -0.3 is 19.6 Å². The minimum absolute atomic E-state index is 0.0542. The SMILES string of the molecule is Cc1noc(CCC(=O)N2C[C@H](O)C[C@H]2C(=O)O)n1. The summed E-state index contributed by atoms with van der Waals surface area (Å²) in [6.07, 6.45) is -0.368. The highest BCUT2D eigenvalue weighted by molar-refractivity contribution is 5.84. The quantitative estimate of drug-likeness (QED) is 0.746. The van der Waals surface area contributed by atoms with E-state index in [9.17, 15) is 14.7 Å². The van der Waals surface area contributed by atoms with Crippen molar-refractivity contribution in [3.8, 4) is 0 Å². The molecule has 1 aliphatic heterocycles. The number of carbonyl (C=O) groups excluding carboxylic acids is 1. The molecule has 1 aromatic rings. The third-order valence-corrected chi connectivity index (χ3v) is 3.01. The molecule has 0 saturated carbocycles. The molecule has 0 radical (unpaired) electrons. The van der Waals surface area contributed by atoms with Gasteiger partial charge in [0.1, 0.15) is 6.04 Å². The Morgan fingerprint density at radius 1 is 1.53 bits per heavy atom. The van der Waals surface area contributed by atoms with Crippen LogP contribution in [-0.2, 0) is 16.0 Å². The highest BCUT2D eigenvalue weighted by Crippen LogP contribution is 2.19. The van der Waals surface area contributed by atoms with Crippen molar-refractivity contribution < 1.29 is 24.3 Å². The van der Waals surface area contributed by atoms with Gasteiger partial charge in [-0.1, -0.05) is 5.16 Å². The lowest BCUT2D eigenvalue weighted by Gasteiger charge is -2.20. The van der Waals surface area contributed by atoms with Crippen LogP contribution >= 0.6 is 0 Å². The Balaban J connectivity index is 1.93. The number of aliphatic hydroxyl groups is 1. The molecular weight excluding hydrogens is 254 g/mol. The third-order valence-electron chi connectivity index (χ3n) is 3.01. The zero-order chi connectivity index (χ0) is 14.0. The number of aliphatic hydroxyl groups excluding tert-OH is 1. The van der Waals surface area contributed by atoms with E-state index in [1.54, 1.807) is 6.92 Å². The molecule has 2 N–H and O–H groups in total. The molecule has 0 bridgehead atoms. The van der Waals surface area contributed by atoms with Crippen molar-refractivity contribution in [2.45, 2.75) is 38.3 Å². The molecule has 1 aromatic heterocycles. The van der Waals surface area contributed by atoms with Gasteiger partial charge in [-0.25, -0.2) is 4.79 Å². The van der Waals surface area contributed by atoms with Crippen molar-refractivity contribution in [2.75, 3.05) is 6.54 Å². The van der Waals surface area contributed by atoms with Crippen LogP contribution in [-0.4, -0.2) is 55.8 Å². The molecule has 2 atom stereocenters. The van der Waals surface area contributed by atoms with Crippen LogP contribution in [0.1, 0.15) is 24.6 Å². The summed E-state index contributed by atoms with van der Waals surface area (Å²) in [5, 5.41) is 22.1. The van der Waals surface area contributed by atoms with E-state index in [4.69, 9.17) is 9.63 Å². The van der Waals surface area contributed by atoms with E-state index in [1.807, 2.05) is 0 Å². The van der Waals surface area contributed by atoms with E-state index in [1.165, 1.54) is 4.90 Å². The number of aromatic nitrogens is 2. The van der Waals surface area contributed by atoms with Crippen molar-refractivity contribution in [2.24, 2.45) is 0 Å². The van der Waals surface area contributed by atoms with Crippen molar-refractivity contribution >= 4 is 11.9 Å². The van der Waals surface area contributed by atoms with Crippen LogP contribution in [0.3, 0.4) is 0 Å². The molecule has 19 heavy (non-hydrogen) atoms. The molecule has 8 nitrogen and oxygen atoms in total. The fourth-order valence-corrected chi connectivity index (χ4v) is 2.12. The number of carbonyl (C=O) groups is 2. The van der Waals surface area contributed by atoms with Gasteiger partial charge in [0.2, 0.25) is 11.8 Å². The highest BCUT2D eigenvalue weighted by atomic mass is 16.5.